The number of fused-ring (bicyclic) bond motifs is 3. The lowest BCUT2D eigenvalue weighted by molar-refractivity contribution is 0.642. The summed E-state index contributed by atoms with van der Waals surface area (Å²) in [6.45, 7) is 6.15. The Morgan fingerprint density at radius 2 is 1.95 bits per heavy atom. The molecule has 0 fully saturated rings. The van der Waals surface area contributed by atoms with Crippen LogP contribution in [0.15, 0.2) is 30.6 Å². The van der Waals surface area contributed by atoms with E-state index in [1.54, 1.807) is 0 Å². The summed E-state index contributed by atoms with van der Waals surface area (Å²) >= 11 is 0. The Hall–Kier alpha value is -1.87. The van der Waals surface area contributed by atoms with E-state index in [0.717, 1.165) is 25.9 Å². The first-order valence-electron chi connectivity index (χ1n) is 7.26. The summed E-state index contributed by atoms with van der Waals surface area (Å²) < 4.78 is 2.39. The van der Waals surface area contributed by atoms with Gasteiger partial charge in [0.15, 0.2) is 0 Å². The number of aromatic nitrogens is 2. The van der Waals surface area contributed by atoms with E-state index in [1.165, 1.54) is 32.9 Å². The molecule has 0 aliphatic heterocycles. The maximum Gasteiger partial charge on any atom is 0.0677 e. The highest BCUT2D eigenvalue weighted by Crippen LogP contribution is 2.32. The molecule has 3 rings (SSSR count). The quantitative estimate of drug-likeness (QED) is 0.735. The van der Waals surface area contributed by atoms with E-state index in [4.69, 9.17) is 5.73 Å². The predicted octanol–water partition coefficient (Wildman–Crippen LogP) is 3.55. The van der Waals surface area contributed by atoms with E-state index in [9.17, 15) is 0 Å². The standard InChI is InChI=1S/C17H21N3/c1-12-5-6-15-17(13(12)2)14-7-9-19-11-16(14)20(15)10-4-3-8-18/h5-7,9,11H,3-4,8,10,18H2,1-2H3. The number of nitrogens with zero attached hydrogens (tertiary/aromatic N) is 2. The zero-order valence-electron chi connectivity index (χ0n) is 12.2. The normalized spacial score (nSPS) is 11.6. The molecule has 0 radical (unpaired) electrons. The van der Waals surface area contributed by atoms with Crippen molar-refractivity contribution in [3.8, 4) is 0 Å². The number of aryl methyl sites for hydroxylation is 3. The van der Waals surface area contributed by atoms with E-state index in [1.807, 2.05) is 12.4 Å². The Balaban J connectivity index is 2.27. The fourth-order valence-electron chi connectivity index (χ4n) is 2.96. The topological polar surface area (TPSA) is 43.8 Å². The predicted molar refractivity (Wildman–Crippen MR) is 85.0 cm³/mol. The molecule has 2 heterocycles. The summed E-state index contributed by atoms with van der Waals surface area (Å²) in [5.41, 5.74) is 10.9. The third-order valence-corrected chi connectivity index (χ3v) is 4.20. The van der Waals surface area contributed by atoms with Crippen LogP contribution in [0, 0.1) is 13.8 Å². The maximum absolute atomic E-state index is 5.62. The second kappa shape index (κ2) is 5.25. The molecule has 2 aromatic heterocycles. The molecule has 0 aliphatic carbocycles. The molecular weight excluding hydrogens is 246 g/mol. The van der Waals surface area contributed by atoms with Gasteiger partial charge < -0.3 is 10.3 Å². The zero-order valence-corrected chi connectivity index (χ0v) is 12.2. The van der Waals surface area contributed by atoms with Gasteiger partial charge >= 0.3 is 0 Å². The zero-order chi connectivity index (χ0) is 14.1. The van der Waals surface area contributed by atoms with Crippen LogP contribution >= 0.6 is 0 Å². The van der Waals surface area contributed by atoms with Crippen LogP contribution in [0.3, 0.4) is 0 Å². The molecule has 0 amide bonds. The fraction of sp³-hybridized carbons (Fsp3) is 0.353. The third-order valence-electron chi connectivity index (χ3n) is 4.20. The Morgan fingerprint density at radius 3 is 2.75 bits per heavy atom. The molecule has 3 nitrogen and oxygen atoms in total. The highest BCUT2D eigenvalue weighted by molar-refractivity contribution is 6.09. The lowest BCUT2D eigenvalue weighted by Crippen LogP contribution is -2.03. The van der Waals surface area contributed by atoms with Gasteiger partial charge in [0.1, 0.15) is 0 Å². The highest BCUT2D eigenvalue weighted by Gasteiger charge is 2.13. The van der Waals surface area contributed by atoms with Crippen LogP contribution in [0.2, 0.25) is 0 Å². The van der Waals surface area contributed by atoms with Crippen LogP contribution in [-0.4, -0.2) is 16.1 Å². The Labute approximate surface area is 119 Å². The van der Waals surface area contributed by atoms with Gasteiger partial charge in [0.05, 0.1) is 11.7 Å². The number of hydrogen-bond acceptors (Lipinski definition) is 2. The molecule has 1 aromatic carbocycles. The summed E-state index contributed by atoms with van der Waals surface area (Å²) in [6, 6.07) is 6.58. The summed E-state index contributed by atoms with van der Waals surface area (Å²) in [6.07, 6.45) is 6.03. The van der Waals surface area contributed by atoms with Gasteiger partial charge in [-0.1, -0.05) is 6.07 Å². The minimum Gasteiger partial charge on any atom is -0.339 e. The SMILES string of the molecule is Cc1ccc2c(c1C)c1ccncc1n2CCCCN. The molecule has 0 atom stereocenters. The largest absolute Gasteiger partial charge is 0.339 e. The van der Waals surface area contributed by atoms with Crippen molar-refractivity contribution in [1.82, 2.24) is 9.55 Å². The van der Waals surface area contributed by atoms with Crippen molar-refractivity contribution in [2.45, 2.75) is 33.2 Å². The molecule has 0 spiro atoms. The van der Waals surface area contributed by atoms with Crippen LogP contribution in [0.1, 0.15) is 24.0 Å². The first kappa shape index (κ1) is 13.1. The van der Waals surface area contributed by atoms with Gasteiger partial charge in [0, 0.05) is 29.0 Å². The first-order valence-corrected chi connectivity index (χ1v) is 7.26. The molecule has 0 saturated carbocycles. The van der Waals surface area contributed by atoms with E-state index in [-0.39, 0.29) is 0 Å². The lowest BCUT2D eigenvalue weighted by Gasteiger charge is -2.07. The van der Waals surface area contributed by atoms with Crippen molar-refractivity contribution in [3.05, 3.63) is 41.7 Å². The first-order chi connectivity index (χ1) is 9.74. The van der Waals surface area contributed by atoms with Crippen molar-refractivity contribution in [1.29, 1.82) is 0 Å². The van der Waals surface area contributed by atoms with Crippen molar-refractivity contribution in [2.24, 2.45) is 5.73 Å². The molecule has 3 aromatic rings. The van der Waals surface area contributed by atoms with Crippen LogP contribution in [0.25, 0.3) is 21.8 Å². The van der Waals surface area contributed by atoms with Crippen molar-refractivity contribution in [3.63, 3.8) is 0 Å². The smallest absolute Gasteiger partial charge is 0.0677 e. The number of pyridine rings is 1. The fourth-order valence-corrected chi connectivity index (χ4v) is 2.96. The minimum atomic E-state index is 0.757. The second-order valence-corrected chi connectivity index (χ2v) is 5.44. The van der Waals surface area contributed by atoms with Crippen LogP contribution < -0.4 is 5.73 Å². The van der Waals surface area contributed by atoms with Crippen LogP contribution in [-0.2, 0) is 6.54 Å². The van der Waals surface area contributed by atoms with Gasteiger partial charge in [0.25, 0.3) is 0 Å². The summed E-state index contributed by atoms with van der Waals surface area (Å²) in [5.74, 6) is 0. The number of hydrogen-bond donors (Lipinski definition) is 1. The second-order valence-electron chi connectivity index (χ2n) is 5.44. The summed E-state index contributed by atoms with van der Waals surface area (Å²) in [5, 5.41) is 2.68. The number of rotatable bonds is 4. The molecule has 0 saturated heterocycles. The van der Waals surface area contributed by atoms with Gasteiger partial charge in [-0.05, 0) is 56.5 Å². The van der Waals surface area contributed by atoms with E-state index in [2.05, 4.69) is 41.6 Å². The number of nitrogens with two attached hydrogens (primary N) is 1. The van der Waals surface area contributed by atoms with Crippen LogP contribution in [0.4, 0.5) is 0 Å². The molecular formula is C17H21N3. The van der Waals surface area contributed by atoms with Gasteiger partial charge in [-0.25, -0.2) is 0 Å². The highest BCUT2D eigenvalue weighted by atomic mass is 15.0. The van der Waals surface area contributed by atoms with Crippen LogP contribution in [0.5, 0.6) is 0 Å². The summed E-state index contributed by atoms with van der Waals surface area (Å²) in [7, 11) is 0. The summed E-state index contributed by atoms with van der Waals surface area (Å²) in [4.78, 5) is 4.30. The molecule has 0 unspecified atom stereocenters. The van der Waals surface area contributed by atoms with Gasteiger partial charge in [-0.3, -0.25) is 4.98 Å². The molecule has 0 aliphatic rings. The van der Waals surface area contributed by atoms with E-state index >= 15 is 0 Å². The molecule has 3 heteroatoms. The van der Waals surface area contributed by atoms with Gasteiger partial charge in [0.2, 0.25) is 0 Å². The molecule has 104 valence electrons. The molecule has 20 heavy (non-hydrogen) atoms. The monoisotopic (exact) mass is 267 g/mol. The van der Waals surface area contributed by atoms with Gasteiger partial charge in [-0.2, -0.15) is 0 Å². The molecule has 2 N–H and O–H groups in total. The molecule has 0 bridgehead atoms. The van der Waals surface area contributed by atoms with Crippen molar-refractivity contribution < 1.29 is 0 Å². The Morgan fingerprint density at radius 1 is 1.10 bits per heavy atom. The average Bonchev–Trinajstić information content (AvgIpc) is 2.78. The van der Waals surface area contributed by atoms with Gasteiger partial charge in [-0.15, -0.1) is 0 Å². The average molecular weight is 267 g/mol. The van der Waals surface area contributed by atoms with E-state index < -0.39 is 0 Å². The van der Waals surface area contributed by atoms with Crippen molar-refractivity contribution in [2.75, 3.05) is 6.54 Å². The minimum absolute atomic E-state index is 0.757. The van der Waals surface area contributed by atoms with Crippen molar-refractivity contribution >= 4 is 21.8 Å². The maximum atomic E-state index is 5.62. The lowest BCUT2D eigenvalue weighted by atomic mass is 10.0. The number of unbranched alkanes of at least 4 members (excludes halogenated alkanes) is 1. The Kier molecular flexibility index (Phi) is 3.45. The third kappa shape index (κ3) is 1.98. The van der Waals surface area contributed by atoms with E-state index in [0.29, 0.717) is 0 Å². The Bertz CT molecular complexity index is 756. The number of benzene rings is 1.